The van der Waals surface area contributed by atoms with E-state index in [-0.39, 0.29) is 0 Å². The van der Waals surface area contributed by atoms with E-state index in [4.69, 9.17) is 0 Å². The molecule has 0 radical (unpaired) electrons. The smallest absolute Gasteiger partial charge is 0.0326 e. The zero-order valence-electron chi connectivity index (χ0n) is 13.2. The van der Waals surface area contributed by atoms with Crippen LogP contribution >= 0.6 is 0 Å². The number of aryl methyl sites for hydroxylation is 2. The molecule has 1 N–H and O–H groups in total. The maximum absolute atomic E-state index is 3.66. The highest BCUT2D eigenvalue weighted by Gasteiger charge is 2.21. The molecule has 21 heavy (non-hydrogen) atoms. The van der Waals surface area contributed by atoms with Crippen LogP contribution in [0, 0.1) is 0 Å². The fraction of sp³-hybridized carbons (Fsp3) is 0.400. The molecule has 2 aromatic carbocycles. The summed E-state index contributed by atoms with van der Waals surface area (Å²) in [4.78, 5) is 0. The van der Waals surface area contributed by atoms with Gasteiger partial charge in [0.2, 0.25) is 0 Å². The zero-order valence-corrected chi connectivity index (χ0v) is 13.2. The van der Waals surface area contributed by atoms with Gasteiger partial charge < -0.3 is 5.32 Å². The molecule has 3 rings (SSSR count). The van der Waals surface area contributed by atoms with Gasteiger partial charge in [0.05, 0.1) is 0 Å². The van der Waals surface area contributed by atoms with Gasteiger partial charge in [-0.25, -0.2) is 0 Å². The number of hydrogen-bond donors (Lipinski definition) is 1. The Balaban J connectivity index is 1.83. The first kappa shape index (κ1) is 14.3. The Kier molecular flexibility index (Phi) is 4.40. The predicted molar refractivity (Wildman–Crippen MR) is 90.6 cm³/mol. The Hall–Kier alpha value is -1.60. The van der Waals surface area contributed by atoms with Crippen molar-refractivity contribution < 1.29 is 0 Å². The lowest BCUT2D eigenvalue weighted by Gasteiger charge is -2.14. The summed E-state index contributed by atoms with van der Waals surface area (Å²) >= 11 is 0. The van der Waals surface area contributed by atoms with Crippen molar-refractivity contribution in [1.82, 2.24) is 5.32 Å². The van der Waals surface area contributed by atoms with Crippen LogP contribution in [-0.2, 0) is 12.8 Å². The molecule has 0 fully saturated rings. The third kappa shape index (κ3) is 3.03. The van der Waals surface area contributed by atoms with Crippen LogP contribution in [0.1, 0.15) is 49.4 Å². The van der Waals surface area contributed by atoms with Crippen LogP contribution in [0.2, 0.25) is 0 Å². The summed E-state index contributed by atoms with van der Waals surface area (Å²) in [6.45, 7) is 5.55. The van der Waals surface area contributed by atoms with Crippen molar-refractivity contribution >= 4 is 0 Å². The van der Waals surface area contributed by atoms with E-state index in [1.807, 2.05) is 0 Å². The van der Waals surface area contributed by atoms with Crippen molar-refractivity contribution in [2.45, 2.75) is 45.6 Å². The largest absolute Gasteiger partial charge is 0.310 e. The van der Waals surface area contributed by atoms with Crippen molar-refractivity contribution in [1.29, 1.82) is 0 Å². The van der Waals surface area contributed by atoms with Gasteiger partial charge in [0.25, 0.3) is 0 Å². The number of nitrogens with one attached hydrogen (secondary N) is 1. The van der Waals surface area contributed by atoms with E-state index >= 15 is 0 Å². The molecule has 0 saturated carbocycles. The average molecular weight is 279 g/mol. The molecule has 0 amide bonds. The SMILES string of the molecule is CCCNC1CCc2cc(-c3ccc(CC)cc3)ccc21. The van der Waals surface area contributed by atoms with Crippen LogP contribution < -0.4 is 5.32 Å². The quantitative estimate of drug-likeness (QED) is 0.820. The Labute approximate surface area is 128 Å². The first-order chi connectivity index (χ1) is 10.3. The van der Waals surface area contributed by atoms with E-state index in [9.17, 15) is 0 Å². The molecule has 1 nitrogen and oxygen atoms in total. The molecule has 2 aromatic rings. The van der Waals surface area contributed by atoms with E-state index < -0.39 is 0 Å². The van der Waals surface area contributed by atoms with Crippen LogP contribution in [0.15, 0.2) is 42.5 Å². The van der Waals surface area contributed by atoms with Crippen LogP contribution in [0.5, 0.6) is 0 Å². The van der Waals surface area contributed by atoms with Crippen molar-refractivity contribution in [3.8, 4) is 11.1 Å². The minimum absolute atomic E-state index is 0.566. The summed E-state index contributed by atoms with van der Waals surface area (Å²) < 4.78 is 0. The number of rotatable bonds is 5. The molecule has 1 aliphatic rings. The van der Waals surface area contributed by atoms with E-state index in [0.717, 1.165) is 13.0 Å². The molecule has 1 atom stereocenters. The molecular weight excluding hydrogens is 254 g/mol. The van der Waals surface area contributed by atoms with Crippen LogP contribution in [0.4, 0.5) is 0 Å². The highest BCUT2D eigenvalue weighted by atomic mass is 14.9. The molecule has 0 aromatic heterocycles. The highest BCUT2D eigenvalue weighted by Crippen LogP contribution is 2.34. The number of benzene rings is 2. The lowest BCUT2D eigenvalue weighted by Crippen LogP contribution is -2.19. The third-order valence-corrected chi connectivity index (χ3v) is 4.56. The van der Waals surface area contributed by atoms with E-state index in [0.29, 0.717) is 6.04 Å². The van der Waals surface area contributed by atoms with E-state index in [1.165, 1.54) is 47.1 Å². The fourth-order valence-electron chi connectivity index (χ4n) is 3.26. The maximum atomic E-state index is 3.66. The van der Waals surface area contributed by atoms with Gasteiger partial charge in [0.1, 0.15) is 0 Å². The molecule has 0 bridgehead atoms. The molecule has 0 aliphatic heterocycles. The van der Waals surface area contributed by atoms with Gasteiger partial charge >= 0.3 is 0 Å². The summed E-state index contributed by atoms with van der Waals surface area (Å²) in [5.74, 6) is 0. The van der Waals surface area contributed by atoms with Crippen LogP contribution in [-0.4, -0.2) is 6.54 Å². The van der Waals surface area contributed by atoms with Gasteiger partial charge in [-0.2, -0.15) is 0 Å². The minimum Gasteiger partial charge on any atom is -0.310 e. The summed E-state index contributed by atoms with van der Waals surface area (Å²) in [6, 6.07) is 16.6. The van der Waals surface area contributed by atoms with Gasteiger partial charge in [0, 0.05) is 6.04 Å². The average Bonchev–Trinajstić information content (AvgIpc) is 2.95. The Morgan fingerprint density at radius 2 is 1.76 bits per heavy atom. The summed E-state index contributed by atoms with van der Waals surface area (Å²) in [6.07, 6.45) is 4.76. The van der Waals surface area contributed by atoms with Gasteiger partial charge in [0.15, 0.2) is 0 Å². The van der Waals surface area contributed by atoms with Crippen molar-refractivity contribution in [2.75, 3.05) is 6.54 Å². The summed E-state index contributed by atoms with van der Waals surface area (Å²) in [5, 5.41) is 3.66. The topological polar surface area (TPSA) is 12.0 Å². The maximum Gasteiger partial charge on any atom is 0.0326 e. The Morgan fingerprint density at radius 3 is 2.48 bits per heavy atom. The Morgan fingerprint density at radius 1 is 1.00 bits per heavy atom. The molecule has 110 valence electrons. The van der Waals surface area contributed by atoms with Gasteiger partial charge in [-0.1, -0.05) is 56.3 Å². The van der Waals surface area contributed by atoms with Crippen molar-refractivity contribution in [2.24, 2.45) is 0 Å². The zero-order chi connectivity index (χ0) is 14.7. The van der Waals surface area contributed by atoms with Gasteiger partial charge in [-0.15, -0.1) is 0 Å². The van der Waals surface area contributed by atoms with Gasteiger partial charge in [-0.3, -0.25) is 0 Å². The first-order valence-corrected chi connectivity index (χ1v) is 8.27. The number of hydrogen-bond acceptors (Lipinski definition) is 1. The highest BCUT2D eigenvalue weighted by molar-refractivity contribution is 5.65. The molecule has 0 spiro atoms. The monoisotopic (exact) mass is 279 g/mol. The molecule has 1 aliphatic carbocycles. The fourth-order valence-corrected chi connectivity index (χ4v) is 3.26. The summed E-state index contributed by atoms with van der Waals surface area (Å²) in [7, 11) is 0. The number of fused-ring (bicyclic) bond motifs is 1. The first-order valence-electron chi connectivity index (χ1n) is 8.27. The second-order valence-corrected chi connectivity index (χ2v) is 6.01. The van der Waals surface area contributed by atoms with E-state index in [1.54, 1.807) is 0 Å². The molecule has 0 heterocycles. The normalized spacial score (nSPS) is 17.0. The molecule has 1 unspecified atom stereocenters. The van der Waals surface area contributed by atoms with Gasteiger partial charge in [-0.05, 0) is 60.0 Å². The lowest BCUT2D eigenvalue weighted by molar-refractivity contribution is 0.529. The van der Waals surface area contributed by atoms with E-state index in [2.05, 4.69) is 61.6 Å². The molecular formula is C20H25N. The molecule has 1 heteroatoms. The third-order valence-electron chi connectivity index (χ3n) is 4.56. The Bertz CT molecular complexity index is 598. The van der Waals surface area contributed by atoms with Crippen molar-refractivity contribution in [3.63, 3.8) is 0 Å². The molecule has 0 saturated heterocycles. The standard InChI is InChI=1S/C20H25N/c1-3-13-21-20-12-10-18-14-17(9-11-19(18)20)16-7-5-15(4-2)6-8-16/h5-9,11,14,20-21H,3-4,10,12-13H2,1-2H3. The predicted octanol–water partition coefficient (Wildman–Crippen LogP) is 4.90. The lowest BCUT2D eigenvalue weighted by atomic mass is 9.98. The van der Waals surface area contributed by atoms with Crippen LogP contribution in [0.25, 0.3) is 11.1 Å². The van der Waals surface area contributed by atoms with Crippen molar-refractivity contribution in [3.05, 3.63) is 59.2 Å². The second-order valence-electron chi connectivity index (χ2n) is 6.01. The second kappa shape index (κ2) is 6.44. The summed E-state index contributed by atoms with van der Waals surface area (Å²) in [5.41, 5.74) is 7.13. The van der Waals surface area contributed by atoms with Crippen LogP contribution in [0.3, 0.4) is 0 Å². The minimum atomic E-state index is 0.566.